The summed E-state index contributed by atoms with van der Waals surface area (Å²) < 4.78 is 6.66. The number of fused-ring (bicyclic) bond motifs is 1. The second kappa shape index (κ2) is 11.9. The normalized spacial score (nSPS) is 26.6. The van der Waals surface area contributed by atoms with Gasteiger partial charge in [0.15, 0.2) is 0 Å². The molecule has 2 unspecified atom stereocenters. The van der Waals surface area contributed by atoms with Crippen molar-refractivity contribution in [1.82, 2.24) is 9.80 Å². The quantitative estimate of drug-likeness (QED) is 0.418. The van der Waals surface area contributed by atoms with Crippen molar-refractivity contribution in [3.63, 3.8) is 0 Å². The molecular formula is C34H41N3O5. The van der Waals surface area contributed by atoms with Gasteiger partial charge in [0, 0.05) is 25.8 Å². The Kier molecular flexibility index (Phi) is 8.39. The lowest BCUT2D eigenvalue weighted by atomic mass is 9.70. The first-order chi connectivity index (χ1) is 20.2. The molecule has 3 fully saturated rings. The fourth-order valence-electron chi connectivity index (χ4n) is 7.52. The Morgan fingerprint density at radius 3 is 2.36 bits per heavy atom. The number of aryl methyl sites for hydroxylation is 2. The monoisotopic (exact) mass is 571 g/mol. The lowest BCUT2D eigenvalue weighted by Crippen LogP contribution is -2.59. The molecule has 3 saturated heterocycles. The van der Waals surface area contributed by atoms with Gasteiger partial charge < -0.3 is 24.5 Å². The second-order valence-electron chi connectivity index (χ2n) is 11.8. The predicted molar refractivity (Wildman–Crippen MR) is 162 cm³/mol. The number of nitrogens with zero attached hydrogens (tertiary/aromatic N) is 3. The number of ether oxygens (including phenoxy) is 1. The Bertz CT molecular complexity index is 1360. The number of benzene rings is 2. The maximum atomic E-state index is 14.9. The van der Waals surface area contributed by atoms with Gasteiger partial charge in [-0.2, -0.15) is 0 Å². The van der Waals surface area contributed by atoms with Crippen LogP contribution in [0.3, 0.4) is 0 Å². The molecule has 42 heavy (non-hydrogen) atoms. The molecule has 6 atom stereocenters. The summed E-state index contributed by atoms with van der Waals surface area (Å²) in [6.07, 6.45) is 4.29. The summed E-state index contributed by atoms with van der Waals surface area (Å²) in [5.74, 6) is -2.31. The molecule has 0 saturated carbocycles. The highest BCUT2D eigenvalue weighted by atomic mass is 16.5. The van der Waals surface area contributed by atoms with Crippen LogP contribution in [0.5, 0.6) is 0 Å². The molecule has 1 N–H and O–H groups in total. The molecule has 222 valence electrons. The van der Waals surface area contributed by atoms with Crippen molar-refractivity contribution >= 4 is 23.4 Å². The highest BCUT2D eigenvalue weighted by Crippen LogP contribution is 2.59. The molecule has 5 rings (SSSR count). The maximum Gasteiger partial charge on any atom is 0.253 e. The third-order valence-corrected chi connectivity index (χ3v) is 9.24. The highest BCUT2D eigenvalue weighted by Gasteiger charge is 2.75. The molecule has 3 aliphatic heterocycles. The van der Waals surface area contributed by atoms with Gasteiger partial charge in [0.2, 0.25) is 11.8 Å². The molecule has 2 bridgehead atoms. The number of carbonyl (C=O) groups excluding carboxylic acids is 3. The number of amides is 3. The van der Waals surface area contributed by atoms with Crippen LogP contribution in [0.1, 0.15) is 29.5 Å². The van der Waals surface area contributed by atoms with E-state index in [4.69, 9.17) is 4.74 Å². The van der Waals surface area contributed by atoms with E-state index in [0.717, 1.165) is 22.4 Å². The van der Waals surface area contributed by atoms with Gasteiger partial charge in [-0.3, -0.25) is 14.4 Å². The number of aliphatic hydroxyl groups is 1. The number of para-hydroxylation sites is 1. The standard InChI is InChI=1S/C34H41N3O5/c1-6-18-35(5)31(39)27-26-16-17-34(42-26)28(27)32(40)37(25(21-38)20-24-14-9-8-10-15-24)30(34)33(41)36(19-7-2)29-22(3)12-11-13-23(29)4/h6-15,25-28,30,38H,1-2,16-21H2,3-5H3/t25-,26-,27+,28+,30?,34?/m1/s1. The molecular weight excluding hydrogens is 530 g/mol. The van der Waals surface area contributed by atoms with E-state index in [1.54, 1.807) is 33.9 Å². The van der Waals surface area contributed by atoms with Crippen LogP contribution in [0.4, 0.5) is 5.69 Å². The molecule has 1 spiro atoms. The van der Waals surface area contributed by atoms with E-state index in [1.807, 2.05) is 62.4 Å². The van der Waals surface area contributed by atoms with E-state index in [2.05, 4.69) is 13.2 Å². The summed E-state index contributed by atoms with van der Waals surface area (Å²) in [6, 6.07) is 13.8. The molecule has 8 nitrogen and oxygen atoms in total. The lowest BCUT2D eigenvalue weighted by Gasteiger charge is -2.40. The molecule has 8 heteroatoms. The minimum atomic E-state index is -1.17. The van der Waals surface area contributed by atoms with Crippen LogP contribution < -0.4 is 4.90 Å². The number of carbonyl (C=O) groups is 3. The molecule has 0 radical (unpaired) electrons. The Hall–Kier alpha value is -3.75. The fourth-order valence-corrected chi connectivity index (χ4v) is 7.52. The number of aliphatic hydroxyl groups excluding tert-OH is 1. The topological polar surface area (TPSA) is 90.4 Å². The molecule has 2 aromatic rings. The molecule has 3 aliphatic rings. The fraction of sp³-hybridized carbons (Fsp3) is 0.441. The van der Waals surface area contributed by atoms with E-state index in [-0.39, 0.29) is 30.9 Å². The third-order valence-electron chi connectivity index (χ3n) is 9.24. The zero-order chi connectivity index (χ0) is 30.2. The summed E-state index contributed by atoms with van der Waals surface area (Å²) in [7, 11) is 1.70. The summed E-state index contributed by atoms with van der Waals surface area (Å²) in [4.78, 5) is 48.0. The summed E-state index contributed by atoms with van der Waals surface area (Å²) >= 11 is 0. The number of likely N-dealkylation sites (N-methyl/N-ethyl adjacent to an activating group) is 1. The maximum absolute atomic E-state index is 14.9. The Balaban J connectivity index is 1.63. The lowest BCUT2D eigenvalue weighted by molar-refractivity contribution is -0.146. The van der Waals surface area contributed by atoms with Crippen molar-refractivity contribution in [2.75, 3.05) is 31.6 Å². The van der Waals surface area contributed by atoms with Crippen LogP contribution in [0.15, 0.2) is 73.8 Å². The summed E-state index contributed by atoms with van der Waals surface area (Å²) in [6.45, 7) is 11.8. The summed E-state index contributed by atoms with van der Waals surface area (Å²) in [5.41, 5.74) is 2.38. The van der Waals surface area contributed by atoms with Gasteiger partial charge in [-0.1, -0.05) is 60.7 Å². The largest absolute Gasteiger partial charge is 0.394 e. The third kappa shape index (κ3) is 4.76. The van der Waals surface area contributed by atoms with Crippen molar-refractivity contribution in [2.45, 2.75) is 56.9 Å². The van der Waals surface area contributed by atoms with Gasteiger partial charge in [-0.15, -0.1) is 13.2 Å². The van der Waals surface area contributed by atoms with Crippen LogP contribution >= 0.6 is 0 Å². The summed E-state index contributed by atoms with van der Waals surface area (Å²) in [5, 5.41) is 10.7. The van der Waals surface area contributed by atoms with E-state index >= 15 is 0 Å². The van der Waals surface area contributed by atoms with E-state index in [0.29, 0.717) is 25.8 Å². The average molecular weight is 572 g/mol. The number of hydrogen-bond acceptors (Lipinski definition) is 5. The number of hydrogen-bond donors (Lipinski definition) is 1. The van der Waals surface area contributed by atoms with Crippen molar-refractivity contribution in [3.8, 4) is 0 Å². The predicted octanol–water partition coefficient (Wildman–Crippen LogP) is 3.45. The van der Waals surface area contributed by atoms with Crippen molar-refractivity contribution in [1.29, 1.82) is 0 Å². The average Bonchev–Trinajstić information content (AvgIpc) is 3.62. The van der Waals surface area contributed by atoms with Crippen molar-refractivity contribution in [3.05, 3.63) is 90.5 Å². The zero-order valence-electron chi connectivity index (χ0n) is 24.7. The first-order valence-corrected chi connectivity index (χ1v) is 14.7. The molecule has 3 heterocycles. The van der Waals surface area contributed by atoms with Crippen LogP contribution in [0, 0.1) is 25.7 Å². The first-order valence-electron chi connectivity index (χ1n) is 14.7. The van der Waals surface area contributed by atoms with Crippen molar-refractivity contribution in [2.24, 2.45) is 11.8 Å². The van der Waals surface area contributed by atoms with Crippen LogP contribution in [-0.2, 0) is 25.5 Å². The second-order valence-corrected chi connectivity index (χ2v) is 11.8. The smallest absolute Gasteiger partial charge is 0.253 e. The van der Waals surface area contributed by atoms with Crippen LogP contribution in [0.25, 0.3) is 0 Å². The van der Waals surface area contributed by atoms with Gasteiger partial charge in [-0.25, -0.2) is 0 Å². The number of likely N-dealkylation sites (tertiary alicyclic amines) is 1. The molecule has 0 aromatic heterocycles. The van der Waals surface area contributed by atoms with E-state index < -0.39 is 35.6 Å². The number of rotatable bonds is 11. The molecule has 3 amide bonds. The Labute approximate surface area is 248 Å². The highest BCUT2D eigenvalue weighted by molar-refractivity contribution is 6.05. The van der Waals surface area contributed by atoms with Gasteiger partial charge in [-0.05, 0) is 49.8 Å². The Morgan fingerprint density at radius 2 is 1.74 bits per heavy atom. The van der Waals surface area contributed by atoms with Gasteiger partial charge >= 0.3 is 0 Å². The number of anilines is 1. The molecule has 0 aliphatic carbocycles. The zero-order valence-corrected chi connectivity index (χ0v) is 24.7. The SMILES string of the molecule is C=CCN(C)C(=O)[C@@H]1[C@H]2C(=O)N([C@@H](CO)Cc3ccccc3)C(C(=O)N(CC=C)c3c(C)cccc3C)C23CC[C@H]1O3. The Morgan fingerprint density at radius 1 is 1.07 bits per heavy atom. The van der Waals surface area contributed by atoms with Crippen molar-refractivity contribution < 1.29 is 24.2 Å². The van der Waals surface area contributed by atoms with Crippen LogP contribution in [0.2, 0.25) is 0 Å². The first kappa shape index (κ1) is 29.7. The van der Waals surface area contributed by atoms with Gasteiger partial charge in [0.25, 0.3) is 5.91 Å². The minimum absolute atomic E-state index is 0.186. The molecule has 2 aromatic carbocycles. The van der Waals surface area contributed by atoms with E-state index in [9.17, 15) is 19.5 Å². The minimum Gasteiger partial charge on any atom is -0.394 e. The van der Waals surface area contributed by atoms with Crippen LogP contribution in [-0.4, -0.2) is 83.2 Å². The van der Waals surface area contributed by atoms with Gasteiger partial charge in [0.1, 0.15) is 11.6 Å². The van der Waals surface area contributed by atoms with Gasteiger partial charge in [0.05, 0.1) is 30.6 Å². The van der Waals surface area contributed by atoms with E-state index in [1.165, 1.54) is 0 Å².